The maximum Gasteiger partial charge on any atom is 0.271 e. The molecule has 3 heterocycles. The topological polar surface area (TPSA) is 94.1 Å². The zero-order valence-electron chi connectivity index (χ0n) is 13.5. The molecule has 3 N–H and O–H groups in total. The van der Waals surface area contributed by atoms with E-state index >= 15 is 0 Å². The smallest absolute Gasteiger partial charge is 0.271 e. The monoisotopic (exact) mass is 332 g/mol. The Bertz CT molecular complexity index is 1040. The number of H-pyrrole nitrogens is 2. The second kappa shape index (κ2) is 5.90. The number of phenols is 1. The first-order valence-electron chi connectivity index (χ1n) is 7.94. The van der Waals surface area contributed by atoms with E-state index < -0.39 is 0 Å². The summed E-state index contributed by atoms with van der Waals surface area (Å²) in [6, 6.07) is 10.8. The van der Waals surface area contributed by atoms with Crippen LogP contribution < -0.4 is 5.56 Å². The van der Waals surface area contributed by atoms with Crippen molar-refractivity contribution in [2.45, 2.75) is 12.8 Å². The molecule has 0 bridgehead atoms. The van der Waals surface area contributed by atoms with Crippen LogP contribution in [0.25, 0.3) is 11.6 Å². The second-order valence-electron chi connectivity index (χ2n) is 5.95. The molecule has 0 spiro atoms. The fourth-order valence-electron chi connectivity index (χ4n) is 2.99. The van der Waals surface area contributed by atoms with Gasteiger partial charge in [0.2, 0.25) is 0 Å². The predicted molar refractivity (Wildman–Crippen MR) is 97.3 cm³/mol. The first-order chi connectivity index (χ1) is 12.1. The van der Waals surface area contributed by atoms with Gasteiger partial charge in [0.15, 0.2) is 5.82 Å². The molecule has 1 aliphatic rings. The van der Waals surface area contributed by atoms with Gasteiger partial charge in [0.1, 0.15) is 5.75 Å². The van der Waals surface area contributed by atoms with Crippen molar-refractivity contribution in [3.8, 4) is 5.75 Å². The van der Waals surface area contributed by atoms with Gasteiger partial charge >= 0.3 is 0 Å². The summed E-state index contributed by atoms with van der Waals surface area (Å²) in [5, 5.41) is 15.1. The van der Waals surface area contributed by atoms with Crippen molar-refractivity contribution >= 4 is 23.7 Å². The third-order valence-corrected chi connectivity index (χ3v) is 4.40. The Morgan fingerprint density at radius 2 is 1.96 bits per heavy atom. The molecular weight excluding hydrogens is 316 g/mol. The molecule has 0 aliphatic carbocycles. The lowest BCUT2D eigenvalue weighted by Gasteiger charge is -2.11. The zero-order chi connectivity index (χ0) is 17.4. The molecule has 0 fully saturated rings. The van der Waals surface area contributed by atoms with Crippen LogP contribution in [0.1, 0.15) is 35.2 Å². The minimum Gasteiger partial charge on any atom is -0.508 e. The number of nitrogens with one attached hydrogen (secondary N) is 2. The molecule has 1 aromatic carbocycles. The number of allylic oxidation sites excluding steroid dienone is 1. The van der Waals surface area contributed by atoms with E-state index in [2.05, 4.69) is 20.2 Å². The number of pyridine rings is 1. The van der Waals surface area contributed by atoms with Crippen LogP contribution in [0.2, 0.25) is 0 Å². The summed E-state index contributed by atoms with van der Waals surface area (Å²) in [7, 11) is 0. The average Bonchev–Trinajstić information content (AvgIpc) is 3.20. The highest BCUT2D eigenvalue weighted by molar-refractivity contribution is 6.20. The van der Waals surface area contributed by atoms with E-state index in [0.29, 0.717) is 11.4 Å². The molecule has 4 rings (SSSR count). The molecule has 1 atom stereocenters. The zero-order valence-corrected chi connectivity index (χ0v) is 13.5. The van der Waals surface area contributed by atoms with Crippen LogP contribution >= 0.6 is 0 Å². The Morgan fingerprint density at radius 3 is 2.76 bits per heavy atom. The fourth-order valence-corrected chi connectivity index (χ4v) is 2.99. The van der Waals surface area contributed by atoms with Gasteiger partial charge in [-0.1, -0.05) is 19.1 Å². The number of benzene rings is 1. The number of hydrogen-bond donors (Lipinski definition) is 3. The van der Waals surface area contributed by atoms with Gasteiger partial charge in [-0.25, -0.2) is 9.98 Å². The number of phenolic OH excluding ortho intramolecular Hbond substituents is 1. The van der Waals surface area contributed by atoms with Gasteiger partial charge in [0.25, 0.3) is 5.56 Å². The molecule has 0 amide bonds. The van der Waals surface area contributed by atoms with Gasteiger partial charge < -0.3 is 10.2 Å². The minimum atomic E-state index is -0.182. The highest BCUT2D eigenvalue weighted by Gasteiger charge is 2.19. The molecule has 1 aliphatic heterocycles. The number of aromatic amines is 2. The van der Waals surface area contributed by atoms with E-state index in [1.54, 1.807) is 24.5 Å². The standard InChI is InChI=1S/C19H16N4O2/c1-11(12-4-6-14(24)7-5-12)17-16(19(25)23-22-17)9-13-10-21-18-15(13)3-2-8-20-18/h2-11,24H,1H3,(H2,22,23,25). The maximum atomic E-state index is 12.3. The Kier molecular flexibility index (Phi) is 3.57. The number of aromatic hydroxyl groups is 1. The Hall–Kier alpha value is -3.41. The van der Waals surface area contributed by atoms with Gasteiger partial charge in [-0.05, 0) is 35.9 Å². The minimum absolute atomic E-state index is 0.0434. The van der Waals surface area contributed by atoms with Gasteiger partial charge in [0, 0.05) is 29.5 Å². The molecule has 25 heavy (non-hydrogen) atoms. The molecule has 1 unspecified atom stereocenters. The normalized spacial score (nSPS) is 15.5. The first-order valence-corrected chi connectivity index (χ1v) is 7.94. The number of aromatic nitrogens is 3. The summed E-state index contributed by atoms with van der Waals surface area (Å²) < 4.78 is 0. The Morgan fingerprint density at radius 1 is 1.16 bits per heavy atom. The third kappa shape index (κ3) is 2.67. The lowest BCUT2D eigenvalue weighted by Crippen LogP contribution is -2.05. The number of fused-ring (bicyclic) bond motifs is 1. The van der Waals surface area contributed by atoms with Crippen LogP contribution in [-0.4, -0.2) is 26.5 Å². The van der Waals surface area contributed by atoms with Crippen molar-refractivity contribution in [2.24, 2.45) is 4.99 Å². The fraction of sp³-hybridized carbons (Fsp3) is 0.105. The molecule has 0 radical (unpaired) electrons. The Labute approximate surface area is 143 Å². The van der Waals surface area contributed by atoms with Crippen molar-refractivity contribution in [3.63, 3.8) is 0 Å². The first kappa shape index (κ1) is 15.1. The van der Waals surface area contributed by atoms with Crippen LogP contribution in [0.5, 0.6) is 5.75 Å². The van der Waals surface area contributed by atoms with Crippen LogP contribution in [0.15, 0.2) is 52.4 Å². The van der Waals surface area contributed by atoms with Crippen LogP contribution in [0, 0.1) is 0 Å². The summed E-state index contributed by atoms with van der Waals surface area (Å²) in [5.41, 5.74) is 3.93. The molecule has 6 heteroatoms. The van der Waals surface area contributed by atoms with E-state index in [0.717, 1.165) is 22.4 Å². The molecule has 124 valence electrons. The third-order valence-electron chi connectivity index (χ3n) is 4.40. The molecule has 0 saturated carbocycles. The van der Waals surface area contributed by atoms with E-state index in [1.807, 2.05) is 37.3 Å². The number of rotatable bonds is 3. The highest BCUT2D eigenvalue weighted by Crippen LogP contribution is 2.32. The van der Waals surface area contributed by atoms with E-state index in [4.69, 9.17) is 0 Å². The number of hydrogen-bond acceptors (Lipinski definition) is 4. The van der Waals surface area contributed by atoms with Crippen molar-refractivity contribution in [2.75, 3.05) is 0 Å². The van der Waals surface area contributed by atoms with Crippen molar-refractivity contribution < 1.29 is 5.11 Å². The van der Waals surface area contributed by atoms with Crippen molar-refractivity contribution in [3.05, 3.63) is 75.3 Å². The van der Waals surface area contributed by atoms with Gasteiger partial charge in [-0.2, -0.15) is 0 Å². The predicted octanol–water partition coefficient (Wildman–Crippen LogP) is 3.21. The van der Waals surface area contributed by atoms with Gasteiger partial charge in [0.05, 0.1) is 11.3 Å². The quantitative estimate of drug-likeness (QED) is 0.687. The number of aliphatic imine (C=N–C) groups is 1. The van der Waals surface area contributed by atoms with E-state index in [9.17, 15) is 9.90 Å². The van der Waals surface area contributed by atoms with E-state index in [1.165, 1.54) is 0 Å². The van der Waals surface area contributed by atoms with Gasteiger partial charge in [-0.15, -0.1) is 0 Å². The summed E-state index contributed by atoms with van der Waals surface area (Å²) >= 11 is 0. The molecule has 6 nitrogen and oxygen atoms in total. The van der Waals surface area contributed by atoms with Crippen LogP contribution in [-0.2, 0) is 0 Å². The van der Waals surface area contributed by atoms with Crippen LogP contribution in [0.4, 0.5) is 5.82 Å². The van der Waals surface area contributed by atoms with Gasteiger partial charge in [-0.3, -0.25) is 9.89 Å². The second-order valence-corrected chi connectivity index (χ2v) is 5.95. The lowest BCUT2D eigenvalue weighted by molar-refractivity contribution is 0.475. The highest BCUT2D eigenvalue weighted by atomic mass is 16.3. The summed E-state index contributed by atoms with van der Waals surface area (Å²) in [4.78, 5) is 20.8. The molecule has 2 aromatic heterocycles. The maximum absolute atomic E-state index is 12.3. The SMILES string of the molecule is CC(c1ccc(O)cc1)c1[nH][nH]c(=O)c1C=C1C=Nc2ncccc21. The van der Waals surface area contributed by atoms with Crippen LogP contribution in [0.3, 0.4) is 0 Å². The Balaban J connectivity index is 1.77. The molecule has 0 saturated heterocycles. The largest absolute Gasteiger partial charge is 0.508 e. The van der Waals surface area contributed by atoms with Crippen molar-refractivity contribution in [1.29, 1.82) is 0 Å². The summed E-state index contributed by atoms with van der Waals surface area (Å²) in [6.07, 6.45) is 5.25. The summed E-state index contributed by atoms with van der Waals surface area (Å²) in [5.74, 6) is 0.832. The molecular formula is C19H16N4O2. The average molecular weight is 332 g/mol. The lowest BCUT2D eigenvalue weighted by atomic mass is 9.94. The number of nitrogens with zero attached hydrogens (tertiary/aromatic N) is 2. The van der Waals surface area contributed by atoms with E-state index in [-0.39, 0.29) is 17.2 Å². The summed E-state index contributed by atoms with van der Waals surface area (Å²) in [6.45, 7) is 2.01. The molecule has 3 aromatic rings. The van der Waals surface area contributed by atoms with Crippen molar-refractivity contribution in [1.82, 2.24) is 15.2 Å².